The summed E-state index contributed by atoms with van der Waals surface area (Å²) in [6.45, 7) is 2.42. The maximum Gasteiger partial charge on any atom is 0.226 e. The predicted octanol–water partition coefficient (Wildman–Crippen LogP) is -0.0680. The molecule has 0 aromatic rings. The number of carbonyl (C=O) groups is 1. The third-order valence-electron chi connectivity index (χ3n) is 3.32. The number of halogens is 1. The summed E-state index contributed by atoms with van der Waals surface area (Å²) in [7, 11) is -3.11. The fourth-order valence-corrected chi connectivity index (χ4v) is 4.85. The number of ether oxygens (including phenoxy) is 1. The maximum absolute atomic E-state index is 11.9. The summed E-state index contributed by atoms with van der Waals surface area (Å²) < 4.78 is 28.0. The Morgan fingerprint density at radius 3 is 2.59 bits per heavy atom. The van der Waals surface area contributed by atoms with Crippen molar-refractivity contribution < 1.29 is 17.9 Å². The summed E-state index contributed by atoms with van der Waals surface area (Å²) in [6, 6.07) is -0.470. The third-order valence-corrected chi connectivity index (χ3v) is 5.70. The second-order valence-corrected chi connectivity index (χ2v) is 7.39. The molecule has 5 nitrogen and oxygen atoms in total. The number of amides is 1. The van der Waals surface area contributed by atoms with Crippen LogP contribution in [0.15, 0.2) is 0 Å². The van der Waals surface area contributed by atoms with E-state index in [9.17, 15) is 13.2 Å². The van der Waals surface area contributed by atoms with Crippen molar-refractivity contribution in [1.82, 2.24) is 5.32 Å². The normalized spacial score (nSPS) is 40.4. The number of rotatable bonds is 2. The van der Waals surface area contributed by atoms with Crippen LogP contribution in [0.4, 0.5) is 0 Å². The SMILES string of the molecule is CC1OCCC1C(=O)NC1CS(=O)(=O)CC1Cl. The van der Waals surface area contributed by atoms with Gasteiger partial charge in [-0.25, -0.2) is 8.42 Å². The van der Waals surface area contributed by atoms with Gasteiger partial charge >= 0.3 is 0 Å². The highest BCUT2D eigenvalue weighted by Gasteiger charge is 2.39. The van der Waals surface area contributed by atoms with Crippen LogP contribution in [-0.4, -0.2) is 50.0 Å². The zero-order valence-electron chi connectivity index (χ0n) is 9.56. The molecule has 0 bridgehead atoms. The summed E-state index contributed by atoms with van der Waals surface area (Å²) in [5.41, 5.74) is 0. The average molecular weight is 282 g/mol. The molecule has 4 atom stereocenters. The molecular formula is C10H16ClNO4S. The lowest BCUT2D eigenvalue weighted by atomic mass is 10.0. The Hall–Kier alpha value is -0.330. The van der Waals surface area contributed by atoms with Crippen molar-refractivity contribution >= 4 is 27.3 Å². The molecule has 0 spiro atoms. The van der Waals surface area contributed by atoms with Crippen LogP contribution in [0.2, 0.25) is 0 Å². The van der Waals surface area contributed by atoms with Crippen LogP contribution < -0.4 is 5.32 Å². The lowest BCUT2D eigenvalue weighted by molar-refractivity contribution is -0.126. The van der Waals surface area contributed by atoms with Crippen molar-refractivity contribution in [1.29, 1.82) is 0 Å². The summed E-state index contributed by atoms with van der Waals surface area (Å²) >= 11 is 5.92. The molecule has 0 saturated carbocycles. The van der Waals surface area contributed by atoms with Crippen LogP contribution >= 0.6 is 11.6 Å². The van der Waals surface area contributed by atoms with Crippen molar-refractivity contribution in [3.63, 3.8) is 0 Å². The van der Waals surface area contributed by atoms with Crippen LogP contribution in [0.25, 0.3) is 0 Å². The largest absolute Gasteiger partial charge is 0.378 e. The molecular weight excluding hydrogens is 266 g/mol. The summed E-state index contributed by atoms with van der Waals surface area (Å²) in [5, 5.41) is 2.20. The molecule has 4 unspecified atom stereocenters. The van der Waals surface area contributed by atoms with E-state index in [1.165, 1.54) is 0 Å². The average Bonchev–Trinajstić information content (AvgIpc) is 2.71. The monoisotopic (exact) mass is 281 g/mol. The molecule has 2 aliphatic heterocycles. The van der Waals surface area contributed by atoms with Gasteiger partial charge in [0.1, 0.15) is 0 Å². The van der Waals surface area contributed by atoms with Gasteiger partial charge in [0.15, 0.2) is 9.84 Å². The molecule has 2 aliphatic rings. The number of hydrogen-bond acceptors (Lipinski definition) is 4. The lowest BCUT2D eigenvalue weighted by Crippen LogP contribution is -2.45. The van der Waals surface area contributed by atoms with Gasteiger partial charge < -0.3 is 10.1 Å². The standard InChI is InChI=1S/C10H16ClNO4S/c1-6-7(2-3-16-6)10(13)12-9-5-17(14,15)4-8(9)11/h6-9H,2-5H2,1H3,(H,12,13). The number of hydrogen-bond donors (Lipinski definition) is 1. The van der Waals surface area contributed by atoms with E-state index in [0.29, 0.717) is 13.0 Å². The van der Waals surface area contributed by atoms with Crippen LogP contribution in [0.3, 0.4) is 0 Å². The van der Waals surface area contributed by atoms with Crippen LogP contribution in [0.5, 0.6) is 0 Å². The smallest absolute Gasteiger partial charge is 0.226 e. The Balaban J connectivity index is 1.95. The molecule has 2 heterocycles. The van der Waals surface area contributed by atoms with Gasteiger partial charge in [0.2, 0.25) is 5.91 Å². The minimum Gasteiger partial charge on any atom is -0.378 e. The van der Waals surface area contributed by atoms with E-state index in [4.69, 9.17) is 16.3 Å². The summed E-state index contributed by atoms with van der Waals surface area (Å²) in [6.07, 6.45) is 0.571. The molecule has 0 aromatic heterocycles. The fourth-order valence-electron chi connectivity index (χ4n) is 2.30. The molecule has 1 amide bonds. The molecule has 2 fully saturated rings. The van der Waals surface area contributed by atoms with Crippen LogP contribution in [-0.2, 0) is 19.4 Å². The van der Waals surface area contributed by atoms with Gasteiger partial charge in [-0.1, -0.05) is 0 Å². The van der Waals surface area contributed by atoms with Crippen molar-refractivity contribution in [2.45, 2.75) is 30.9 Å². The molecule has 0 aliphatic carbocycles. The summed E-state index contributed by atoms with van der Waals surface area (Å²) in [4.78, 5) is 11.9. The van der Waals surface area contributed by atoms with Crippen molar-refractivity contribution in [2.75, 3.05) is 18.1 Å². The first-order chi connectivity index (χ1) is 7.89. The third kappa shape index (κ3) is 2.92. The number of carbonyl (C=O) groups excluding carboxylic acids is 1. The minimum atomic E-state index is -3.11. The van der Waals surface area contributed by atoms with Crippen molar-refractivity contribution in [2.24, 2.45) is 5.92 Å². The quantitative estimate of drug-likeness (QED) is 0.720. The van der Waals surface area contributed by atoms with E-state index >= 15 is 0 Å². The molecule has 0 aromatic carbocycles. The molecule has 1 N–H and O–H groups in total. The second kappa shape index (κ2) is 4.74. The fraction of sp³-hybridized carbons (Fsp3) is 0.900. The highest BCUT2D eigenvalue weighted by atomic mass is 35.5. The van der Waals surface area contributed by atoms with Crippen molar-refractivity contribution in [3.8, 4) is 0 Å². The van der Waals surface area contributed by atoms with Crippen LogP contribution in [0, 0.1) is 5.92 Å². The van der Waals surface area contributed by atoms with E-state index in [1.54, 1.807) is 0 Å². The zero-order chi connectivity index (χ0) is 12.6. The molecule has 98 valence electrons. The first-order valence-corrected chi connectivity index (χ1v) is 7.91. The Morgan fingerprint density at radius 2 is 2.12 bits per heavy atom. The lowest BCUT2D eigenvalue weighted by Gasteiger charge is -2.19. The number of alkyl halides is 1. The van der Waals surface area contributed by atoms with Gasteiger partial charge in [0.05, 0.1) is 34.9 Å². The second-order valence-electron chi connectivity index (χ2n) is 4.68. The Morgan fingerprint density at radius 1 is 1.41 bits per heavy atom. The van der Waals surface area contributed by atoms with Crippen molar-refractivity contribution in [3.05, 3.63) is 0 Å². The van der Waals surface area contributed by atoms with Gasteiger partial charge in [-0.15, -0.1) is 11.6 Å². The van der Waals surface area contributed by atoms with Gasteiger partial charge in [0, 0.05) is 6.61 Å². The van der Waals surface area contributed by atoms with E-state index in [1.807, 2.05) is 6.92 Å². The number of nitrogens with one attached hydrogen (secondary N) is 1. The van der Waals surface area contributed by atoms with E-state index in [0.717, 1.165) is 0 Å². The highest BCUT2D eigenvalue weighted by Crippen LogP contribution is 2.23. The van der Waals surface area contributed by atoms with Gasteiger partial charge in [-0.05, 0) is 13.3 Å². The molecule has 17 heavy (non-hydrogen) atoms. The van der Waals surface area contributed by atoms with E-state index in [2.05, 4.69) is 5.32 Å². The first kappa shape index (κ1) is 13.1. The van der Waals surface area contributed by atoms with Gasteiger partial charge in [-0.2, -0.15) is 0 Å². The number of sulfone groups is 1. The van der Waals surface area contributed by atoms with Crippen LogP contribution in [0.1, 0.15) is 13.3 Å². The molecule has 0 radical (unpaired) electrons. The Bertz CT molecular complexity index is 411. The Labute approximate surface area is 106 Å². The molecule has 2 saturated heterocycles. The summed E-state index contributed by atoms with van der Waals surface area (Å²) in [5.74, 6) is -0.463. The van der Waals surface area contributed by atoms with E-state index in [-0.39, 0.29) is 29.4 Å². The molecule has 7 heteroatoms. The predicted molar refractivity (Wildman–Crippen MR) is 63.7 cm³/mol. The maximum atomic E-state index is 11.9. The van der Waals surface area contributed by atoms with Gasteiger partial charge in [0.25, 0.3) is 0 Å². The minimum absolute atomic E-state index is 0.0593. The zero-order valence-corrected chi connectivity index (χ0v) is 11.1. The highest BCUT2D eigenvalue weighted by molar-refractivity contribution is 7.91. The Kier molecular flexibility index (Phi) is 3.66. The topological polar surface area (TPSA) is 72.5 Å². The molecule has 2 rings (SSSR count). The van der Waals surface area contributed by atoms with E-state index < -0.39 is 21.3 Å². The van der Waals surface area contributed by atoms with Gasteiger partial charge in [-0.3, -0.25) is 4.79 Å². The first-order valence-electron chi connectivity index (χ1n) is 5.65.